The van der Waals surface area contributed by atoms with Gasteiger partial charge in [0.2, 0.25) is 0 Å². The first-order valence-electron chi connectivity index (χ1n) is 10.1. The first-order valence-corrected chi connectivity index (χ1v) is 10.1. The molecule has 0 unspecified atom stereocenters. The van der Waals surface area contributed by atoms with Crippen molar-refractivity contribution in [2.45, 2.75) is 39.3 Å². The predicted molar refractivity (Wildman–Crippen MR) is 112 cm³/mol. The predicted octanol–water partition coefficient (Wildman–Crippen LogP) is 4.00. The van der Waals surface area contributed by atoms with Gasteiger partial charge in [0.05, 0.1) is 18.8 Å². The van der Waals surface area contributed by atoms with Crippen LogP contribution < -0.4 is 0 Å². The Morgan fingerprint density at radius 2 is 1.97 bits per heavy atom. The van der Waals surface area contributed by atoms with Gasteiger partial charge in [-0.3, -0.25) is 4.68 Å². The van der Waals surface area contributed by atoms with Crippen LogP contribution in [0.1, 0.15) is 44.2 Å². The van der Waals surface area contributed by atoms with Gasteiger partial charge < -0.3 is 19.4 Å². The number of benzene rings is 1. The van der Waals surface area contributed by atoms with Crippen LogP contribution in [-0.2, 0) is 9.47 Å². The molecule has 1 fully saturated rings. The molecule has 4 rings (SSSR count). The van der Waals surface area contributed by atoms with Gasteiger partial charge in [0.15, 0.2) is 0 Å². The van der Waals surface area contributed by atoms with E-state index in [1.54, 1.807) is 17.9 Å². The van der Waals surface area contributed by atoms with E-state index in [1.807, 2.05) is 56.0 Å². The Labute approximate surface area is 174 Å². The number of hydrogen-bond donors (Lipinski definition) is 1. The summed E-state index contributed by atoms with van der Waals surface area (Å²) < 4.78 is 12.3. The molecule has 3 heterocycles. The summed E-state index contributed by atoms with van der Waals surface area (Å²) in [6, 6.07) is 7.88. The van der Waals surface area contributed by atoms with Crippen LogP contribution in [0, 0.1) is 0 Å². The molecule has 8 heteroatoms. The highest BCUT2D eigenvalue weighted by molar-refractivity contribution is 5.96. The number of rotatable bonds is 4. The Morgan fingerprint density at radius 1 is 1.20 bits per heavy atom. The van der Waals surface area contributed by atoms with Crippen LogP contribution in [0.2, 0.25) is 0 Å². The maximum absolute atomic E-state index is 12.1. The number of aromatic amines is 1. The Kier molecular flexibility index (Phi) is 5.01. The number of H-pyrrole nitrogens is 1. The number of hydrogen-bond acceptors (Lipinski definition) is 5. The van der Waals surface area contributed by atoms with Crippen LogP contribution in [0.4, 0.5) is 4.79 Å². The first-order chi connectivity index (χ1) is 14.2. The summed E-state index contributed by atoms with van der Waals surface area (Å²) in [5, 5.41) is 5.41. The van der Waals surface area contributed by atoms with E-state index in [9.17, 15) is 9.59 Å². The number of carbonyl (C=O) groups is 2. The van der Waals surface area contributed by atoms with Crippen molar-refractivity contribution in [3.8, 4) is 11.1 Å². The Balaban J connectivity index is 1.45. The molecule has 1 aliphatic heterocycles. The molecule has 30 heavy (non-hydrogen) atoms. The number of nitrogens with zero attached hydrogens (tertiary/aromatic N) is 3. The van der Waals surface area contributed by atoms with Gasteiger partial charge in [-0.15, -0.1) is 0 Å². The van der Waals surface area contributed by atoms with E-state index in [0.29, 0.717) is 25.4 Å². The van der Waals surface area contributed by atoms with Gasteiger partial charge >= 0.3 is 12.1 Å². The van der Waals surface area contributed by atoms with Crippen LogP contribution in [-0.4, -0.2) is 57.0 Å². The zero-order valence-electron chi connectivity index (χ0n) is 17.6. The molecule has 0 spiro atoms. The zero-order valence-corrected chi connectivity index (χ0v) is 17.6. The Hall–Kier alpha value is -3.29. The minimum Gasteiger partial charge on any atom is -0.461 e. The van der Waals surface area contributed by atoms with Crippen molar-refractivity contribution in [2.24, 2.45) is 0 Å². The lowest BCUT2D eigenvalue weighted by Crippen LogP contribution is -2.52. The van der Waals surface area contributed by atoms with E-state index in [-0.39, 0.29) is 18.1 Å². The quantitative estimate of drug-likeness (QED) is 0.657. The molecule has 3 aromatic rings. The summed E-state index contributed by atoms with van der Waals surface area (Å²) in [5.41, 5.74) is 2.81. The maximum Gasteiger partial charge on any atom is 0.410 e. The molecule has 1 amide bonds. The van der Waals surface area contributed by atoms with Crippen molar-refractivity contribution in [1.29, 1.82) is 0 Å². The lowest BCUT2D eigenvalue weighted by Gasteiger charge is -2.39. The van der Waals surface area contributed by atoms with Gasteiger partial charge in [-0.05, 0) is 51.5 Å². The lowest BCUT2D eigenvalue weighted by atomic mass is 10.1. The molecule has 1 aliphatic rings. The number of nitrogens with one attached hydrogen (secondary N) is 1. The van der Waals surface area contributed by atoms with Gasteiger partial charge in [0, 0.05) is 35.8 Å². The molecule has 1 saturated heterocycles. The molecule has 8 nitrogen and oxygen atoms in total. The summed E-state index contributed by atoms with van der Waals surface area (Å²) in [6.07, 6.45) is 3.51. The van der Waals surface area contributed by atoms with Crippen molar-refractivity contribution in [3.05, 3.63) is 42.4 Å². The van der Waals surface area contributed by atoms with Crippen molar-refractivity contribution < 1.29 is 19.1 Å². The number of fused-ring (bicyclic) bond motifs is 1. The number of amides is 1. The van der Waals surface area contributed by atoms with E-state index in [4.69, 9.17) is 9.47 Å². The minimum atomic E-state index is -0.495. The standard InChI is InChI=1S/C22H26N4O4/c1-5-29-20(27)19-9-15-8-14(6-7-18(15)24-19)16-10-23-26(11-16)17-12-25(13-17)21(28)30-22(2,3)4/h6-11,17,24H,5,12-13H2,1-4H3. The number of ether oxygens (including phenoxy) is 2. The fraction of sp³-hybridized carbons (Fsp3) is 0.409. The Morgan fingerprint density at radius 3 is 2.67 bits per heavy atom. The van der Waals surface area contributed by atoms with Crippen LogP contribution in [0.5, 0.6) is 0 Å². The number of carbonyl (C=O) groups excluding carboxylic acids is 2. The van der Waals surface area contributed by atoms with Crippen molar-refractivity contribution in [2.75, 3.05) is 19.7 Å². The zero-order chi connectivity index (χ0) is 21.5. The highest BCUT2D eigenvalue weighted by Crippen LogP contribution is 2.28. The first kappa shape index (κ1) is 20.0. The van der Waals surface area contributed by atoms with E-state index in [1.165, 1.54) is 0 Å². The monoisotopic (exact) mass is 410 g/mol. The summed E-state index contributed by atoms with van der Waals surface area (Å²) >= 11 is 0. The second-order valence-corrected chi connectivity index (χ2v) is 8.45. The van der Waals surface area contributed by atoms with Gasteiger partial charge in [-0.2, -0.15) is 5.10 Å². The van der Waals surface area contributed by atoms with Crippen molar-refractivity contribution in [3.63, 3.8) is 0 Å². The molecule has 158 valence electrons. The smallest absolute Gasteiger partial charge is 0.410 e. The maximum atomic E-state index is 12.1. The topological polar surface area (TPSA) is 89.5 Å². The molecule has 1 aromatic carbocycles. The van der Waals surface area contributed by atoms with Gasteiger partial charge in [0.1, 0.15) is 11.3 Å². The number of aromatic nitrogens is 3. The van der Waals surface area contributed by atoms with Crippen LogP contribution in [0.25, 0.3) is 22.0 Å². The summed E-state index contributed by atoms with van der Waals surface area (Å²) in [6.45, 7) is 8.86. The SMILES string of the molecule is CCOC(=O)c1cc2cc(-c3cnn(C4CN(C(=O)OC(C)(C)C)C4)c3)ccc2[nH]1. The second kappa shape index (κ2) is 7.51. The lowest BCUT2D eigenvalue weighted by molar-refractivity contribution is -0.000396. The van der Waals surface area contributed by atoms with Gasteiger partial charge in [0.25, 0.3) is 0 Å². The van der Waals surface area contributed by atoms with E-state index >= 15 is 0 Å². The molecular weight excluding hydrogens is 384 g/mol. The third kappa shape index (κ3) is 4.03. The average Bonchev–Trinajstić information content (AvgIpc) is 3.25. The molecule has 0 radical (unpaired) electrons. The Bertz CT molecular complexity index is 1090. The molecule has 0 bridgehead atoms. The highest BCUT2D eigenvalue weighted by Gasteiger charge is 2.35. The van der Waals surface area contributed by atoms with Crippen LogP contribution in [0.3, 0.4) is 0 Å². The molecule has 0 atom stereocenters. The molecule has 0 aliphatic carbocycles. The van der Waals surface area contributed by atoms with Crippen molar-refractivity contribution >= 4 is 23.0 Å². The van der Waals surface area contributed by atoms with E-state index < -0.39 is 5.60 Å². The molecule has 1 N–H and O–H groups in total. The number of esters is 1. The fourth-order valence-electron chi connectivity index (χ4n) is 3.42. The molecular formula is C22H26N4O4. The largest absolute Gasteiger partial charge is 0.461 e. The summed E-state index contributed by atoms with van der Waals surface area (Å²) in [4.78, 5) is 28.8. The van der Waals surface area contributed by atoms with Gasteiger partial charge in [-0.25, -0.2) is 9.59 Å². The summed E-state index contributed by atoms with van der Waals surface area (Å²) in [7, 11) is 0. The highest BCUT2D eigenvalue weighted by atomic mass is 16.6. The van der Waals surface area contributed by atoms with E-state index in [2.05, 4.69) is 10.1 Å². The van der Waals surface area contributed by atoms with Gasteiger partial charge in [-0.1, -0.05) is 6.07 Å². The third-order valence-electron chi connectivity index (χ3n) is 4.94. The summed E-state index contributed by atoms with van der Waals surface area (Å²) in [5.74, 6) is -0.359. The van der Waals surface area contributed by atoms with Crippen LogP contribution >= 0.6 is 0 Å². The number of likely N-dealkylation sites (tertiary alicyclic amines) is 1. The average molecular weight is 410 g/mol. The second-order valence-electron chi connectivity index (χ2n) is 8.45. The van der Waals surface area contributed by atoms with E-state index in [0.717, 1.165) is 22.0 Å². The normalized spacial score (nSPS) is 14.6. The minimum absolute atomic E-state index is 0.137. The third-order valence-corrected chi connectivity index (χ3v) is 4.94. The fourth-order valence-corrected chi connectivity index (χ4v) is 3.42. The molecule has 2 aromatic heterocycles. The molecule has 0 saturated carbocycles. The van der Waals surface area contributed by atoms with Crippen LogP contribution in [0.15, 0.2) is 36.7 Å². The van der Waals surface area contributed by atoms with Crippen molar-refractivity contribution in [1.82, 2.24) is 19.7 Å².